The van der Waals surface area contributed by atoms with E-state index in [0.717, 1.165) is 5.56 Å². The number of aliphatic hydroxyl groups is 1. The molecule has 3 N–H and O–H groups in total. The molecular formula is C14H18N2O4. The lowest BCUT2D eigenvalue weighted by Crippen LogP contribution is -2.41. The summed E-state index contributed by atoms with van der Waals surface area (Å²) in [5.41, 5.74) is 0.753. The van der Waals surface area contributed by atoms with E-state index in [1.165, 1.54) is 4.90 Å². The molecule has 0 radical (unpaired) electrons. The van der Waals surface area contributed by atoms with Crippen molar-refractivity contribution in [1.82, 2.24) is 10.2 Å². The number of aliphatic hydroxyl groups excluding tert-OH is 1. The van der Waals surface area contributed by atoms with Gasteiger partial charge in [-0.25, -0.2) is 4.79 Å². The number of carboxylic acid groups (broad SMARTS) is 1. The molecule has 2 atom stereocenters. The Bertz CT molecular complexity index is 477. The first-order chi connectivity index (χ1) is 9.56. The number of aliphatic carboxylic acids is 1. The Labute approximate surface area is 117 Å². The number of carboxylic acids is 1. The molecule has 1 heterocycles. The van der Waals surface area contributed by atoms with Crippen LogP contribution in [0.5, 0.6) is 0 Å². The summed E-state index contributed by atoms with van der Waals surface area (Å²) in [6.07, 6.45) is -0.107. The largest absolute Gasteiger partial charge is 0.481 e. The number of hydrogen-bond donors (Lipinski definition) is 3. The molecule has 2 unspecified atom stereocenters. The van der Waals surface area contributed by atoms with E-state index in [2.05, 4.69) is 5.32 Å². The summed E-state index contributed by atoms with van der Waals surface area (Å²) < 4.78 is 0. The van der Waals surface area contributed by atoms with Gasteiger partial charge in [0.1, 0.15) is 0 Å². The van der Waals surface area contributed by atoms with E-state index in [-0.39, 0.29) is 12.5 Å². The van der Waals surface area contributed by atoms with Gasteiger partial charge in [0.15, 0.2) is 0 Å². The lowest BCUT2D eigenvalue weighted by molar-refractivity contribution is -0.137. The monoisotopic (exact) mass is 278 g/mol. The molecule has 1 aliphatic heterocycles. The Morgan fingerprint density at radius 3 is 2.60 bits per heavy atom. The van der Waals surface area contributed by atoms with Gasteiger partial charge in [-0.3, -0.25) is 4.79 Å². The maximum absolute atomic E-state index is 12.1. The Kier molecular flexibility index (Phi) is 4.57. The highest BCUT2D eigenvalue weighted by atomic mass is 16.4. The van der Waals surface area contributed by atoms with Crippen LogP contribution in [0.4, 0.5) is 4.79 Å². The minimum Gasteiger partial charge on any atom is -0.481 e. The smallest absolute Gasteiger partial charge is 0.317 e. The second-order valence-electron chi connectivity index (χ2n) is 4.90. The number of β-amino-alcohol motifs (C(OH)–C–C–N with tert-alkyl or cyclic N) is 1. The van der Waals surface area contributed by atoms with Gasteiger partial charge in [0.25, 0.3) is 0 Å². The van der Waals surface area contributed by atoms with Crippen molar-refractivity contribution >= 4 is 12.0 Å². The number of carbonyl (C=O) groups is 2. The van der Waals surface area contributed by atoms with Crippen LogP contribution in [0.1, 0.15) is 24.4 Å². The topological polar surface area (TPSA) is 89.9 Å². The predicted molar refractivity (Wildman–Crippen MR) is 72.2 cm³/mol. The number of nitrogens with one attached hydrogen (secondary N) is 1. The van der Waals surface area contributed by atoms with E-state index >= 15 is 0 Å². The summed E-state index contributed by atoms with van der Waals surface area (Å²) in [5.74, 6) is -0.972. The lowest BCUT2D eigenvalue weighted by Gasteiger charge is -2.22. The van der Waals surface area contributed by atoms with Crippen molar-refractivity contribution in [3.05, 3.63) is 35.9 Å². The maximum Gasteiger partial charge on any atom is 0.317 e. The van der Waals surface area contributed by atoms with Crippen LogP contribution in [0, 0.1) is 0 Å². The maximum atomic E-state index is 12.1. The van der Waals surface area contributed by atoms with Crippen molar-refractivity contribution in [2.75, 3.05) is 13.1 Å². The van der Waals surface area contributed by atoms with E-state index in [1.807, 2.05) is 6.07 Å². The van der Waals surface area contributed by atoms with Crippen LogP contribution < -0.4 is 5.32 Å². The summed E-state index contributed by atoms with van der Waals surface area (Å²) in [5, 5.41) is 21.1. The average Bonchev–Trinajstić information content (AvgIpc) is 2.85. The highest BCUT2D eigenvalue weighted by Gasteiger charge is 2.27. The van der Waals surface area contributed by atoms with Gasteiger partial charge in [-0.05, 0) is 12.0 Å². The van der Waals surface area contributed by atoms with Gasteiger partial charge in [-0.1, -0.05) is 30.3 Å². The van der Waals surface area contributed by atoms with E-state index in [0.29, 0.717) is 19.5 Å². The first kappa shape index (κ1) is 14.3. The van der Waals surface area contributed by atoms with Crippen LogP contribution in [0.25, 0.3) is 0 Å². The van der Waals surface area contributed by atoms with Gasteiger partial charge in [0.2, 0.25) is 0 Å². The van der Waals surface area contributed by atoms with Crippen molar-refractivity contribution in [2.24, 2.45) is 0 Å². The molecule has 20 heavy (non-hydrogen) atoms. The summed E-state index contributed by atoms with van der Waals surface area (Å²) in [7, 11) is 0. The van der Waals surface area contributed by atoms with Gasteiger partial charge in [-0.15, -0.1) is 0 Å². The summed E-state index contributed by atoms with van der Waals surface area (Å²) in [6, 6.07) is 8.10. The fourth-order valence-corrected chi connectivity index (χ4v) is 2.28. The van der Waals surface area contributed by atoms with E-state index in [1.54, 1.807) is 24.3 Å². The second kappa shape index (κ2) is 6.38. The molecule has 6 heteroatoms. The van der Waals surface area contributed by atoms with Gasteiger partial charge in [-0.2, -0.15) is 0 Å². The number of carbonyl (C=O) groups excluding carboxylic acids is 1. The number of hydrogen-bond acceptors (Lipinski definition) is 3. The molecule has 2 rings (SSSR count). The number of nitrogens with zero attached hydrogens (tertiary/aromatic N) is 1. The molecule has 0 spiro atoms. The third-order valence-corrected chi connectivity index (χ3v) is 3.33. The number of rotatable bonds is 4. The van der Waals surface area contributed by atoms with Crippen LogP contribution in [-0.4, -0.2) is 46.3 Å². The predicted octanol–water partition coefficient (Wildman–Crippen LogP) is 0.979. The molecule has 0 saturated carbocycles. The zero-order valence-corrected chi connectivity index (χ0v) is 11.0. The van der Waals surface area contributed by atoms with Crippen LogP contribution >= 0.6 is 0 Å². The van der Waals surface area contributed by atoms with Gasteiger partial charge < -0.3 is 20.4 Å². The summed E-state index contributed by atoms with van der Waals surface area (Å²) in [4.78, 5) is 24.5. The number of amides is 2. The Balaban J connectivity index is 2.04. The molecule has 0 bridgehead atoms. The fraction of sp³-hybridized carbons (Fsp3) is 0.429. The molecule has 1 fully saturated rings. The SMILES string of the molecule is O=C(O)CC(NC(=O)N1CCC(O)C1)c1ccccc1. The van der Waals surface area contributed by atoms with Crippen molar-refractivity contribution in [3.63, 3.8) is 0 Å². The lowest BCUT2D eigenvalue weighted by atomic mass is 10.0. The minimum absolute atomic E-state index is 0.174. The third-order valence-electron chi connectivity index (χ3n) is 3.33. The Hall–Kier alpha value is -2.08. The number of benzene rings is 1. The van der Waals surface area contributed by atoms with E-state index < -0.39 is 18.1 Å². The van der Waals surface area contributed by atoms with E-state index in [4.69, 9.17) is 5.11 Å². The fourth-order valence-electron chi connectivity index (χ4n) is 2.28. The first-order valence-corrected chi connectivity index (χ1v) is 6.56. The van der Waals surface area contributed by atoms with Gasteiger partial charge >= 0.3 is 12.0 Å². The highest BCUT2D eigenvalue weighted by molar-refractivity contribution is 5.76. The Morgan fingerprint density at radius 1 is 1.35 bits per heavy atom. The van der Waals surface area contributed by atoms with Crippen molar-refractivity contribution in [2.45, 2.75) is 25.0 Å². The standard InChI is InChI=1S/C14H18N2O4/c17-11-6-7-16(9-11)14(20)15-12(8-13(18)19)10-4-2-1-3-5-10/h1-5,11-12,17H,6-9H2,(H,15,20)(H,18,19). The Morgan fingerprint density at radius 2 is 2.05 bits per heavy atom. The van der Waals surface area contributed by atoms with Crippen LogP contribution in [0.15, 0.2) is 30.3 Å². The molecule has 2 amide bonds. The van der Waals surface area contributed by atoms with Crippen LogP contribution in [-0.2, 0) is 4.79 Å². The number of likely N-dealkylation sites (tertiary alicyclic amines) is 1. The van der Waals surface area contributed by atoms with Crippen LogP contribution in [0.2, 0.25) is 0 Å². The molecule has 1 saturated heterocycles. The van der Waals surface area contributed by atoms with Crippen molar-refractivity contribution < 1.29 is 19.8 Å². The number of urea groups is 1. The molecular weight excluding hydrogens is 260 g/mol. The summed E-state index contributed by atoms with van der Waals surface area (Å²) >= 11 is 0. The first-order valence-electron chi connectivity index (χ1n) is 6.56. The zero-order valence-electron chi connectivity index (χ0n) is 11.0. The van der Waals surface area contributed by atoms with Gasteiger partial charge in [0.05, 0.1) is 18.6 Å². The quantitative estimate of drug-likeness (QED) is 0.765. The summed E-state index contributed by atoms with van der Waals surface area (Å²) in [6.45, 7) is 0.780. The average molecular weight is 278 g/mol. The highest BCUT2D eigenvalue weighted by Crippen LogP contribution is 2.18. The molecule has 1 aromatic rings. The molecule has 0 aliphatic carbocycles. The molecule has 1 aromatic carbocycles. The minimum atomic E-state index is -0.972. The van der Waals surface area contributed by atoms with Crippen molar-refractivity contribution in [1.29, 1.82) is 0 Å². The molecule has 1 aliphatic rings. The molecule has 6 nitrogen and oxygen atoms in total. The van der Waals surface area contributed by atoms with Crippen LogP contribution in [0.3, 0.4) is 0 Å². The normalized spacial score (nSPS) is 19.6. The van der Waals surface area contributed by atoms with E-state index in [9.17, 15) is 14.7 Å². The zero-order chi connectivity index (χ0) is 14.5. The molecule has 108 valence electrons. The van der Waals surface area contributed by atoms with Crippen molar-refractivity contribution in [3.8, 4) is 0 Å². The molecule has 0 aromatic heterocycles. The van der Waals surface area contributed by atoms with Gasteiger partial charge in [0, 0.05) is 13.1 Å². The third kappa shape index (κ3) is 3.71. The second-order valence-corrected chi connectivity index (χ2v) is 4.90.